The van der Waals surface area contributed by atoms with Crippen LogP contribution in [0.5, 0.6) is 0 Å². The van der Waals surface area contributed by atoms with E-state index < -0.39 is 10.0 Å². The van der Waals surface area contributed by atoms with Crippen molar-refractivity contribution >= 4 is 16.0 Å². The van der Waals surface area contributed by atoms with Gasteiger partial charge in [-0.15, -0.1) is 4.40 Å². The number of likely N-dealkylation sites (tertiary alicyclic amines) is 1. The SMILES string of the molecule is NNC(=NS(=O)(=O)c1ccccc1)N1CCCC1. The van der Waals surface area contributed by atoms with Gasteiger partial charge in [-0.05, 0) is 25.0 Å². The summed E-state index contributed by atoms with van der Waals surface area (Å²) < 4.78 is 27.9. The molecular weight excluding hydrogens is 252 g/mol. The number of benzene rings is 1. The molecule has 1 aromatic rings. The number of hydrogen-bond donors (Lipinski definition) is 2. The molecule has 1 heterocycles. The zero-order chi connectivity index (χ0) is 13.0. The molecule has 0 aromatic heterocycles. The predicted molar refractivity (Wildman–Crippen MR) is 69.2 cm³/mol. The van der Waals surface area contributed by atoms with Gasteiger partial charge in [0.25, 0.3) is 10.0 Å². The van der Waals surface area contributed by atoms with E-state index in [1.165, 1.54) is 12.1 Å². The number of hydrazine groups is 1. The Balaban J connectivity index is 2.29. The van der Waals surface area contributed by atoms with E-state index in [9.17, 15) is 8.42 Å². The molecule has 0 amide bonds. The molecule has 3 N–H and O–H groups in total. The van der Waals surface area contributed by atoms with Crippen LogP contribution in [0.2, 0.25) is 0 Å². The lowest BCUT2D eigenvalue weighted by Gasteiger charge is -2.18. The van der Waals surface area contributed by atoms with Gasteiger partial charge in [-0.2, -0.15) is 8.42 Å². The third-order valence-corrected chi connectivity index (χ3v) is 4.06. The lowest BCUT2D eigenvalue weighted by atomic mass is 10.4. The predicted octanol–water partition coefficient (Wildman–Crippen LogP) is 0.290. The highest BCUT2D eigenvalue weighted by Crippen LogP contribution is 2.13. The van der Waals surface area contributed by atoms with Gasteiger partial charge < -0.3 is 4.90 Å². The first-order valence-corrected chi connectivity index (χ1v) is 7.19. The van der Waals surface area contributed by atoms with Crippen LogP contribution in [0, 0.1) is 0 Å². The van der Waals surface area contributed by atoms with Gasteiger partial charge in [0.15, 0.2) is 0 Å². The fourth-order valence-corrected chi connectivity index (χ4v) is 2.87. The Morgan fingerprint density at radius 3 is 2.39 bits per heavy atom. The lowest BCUT2D eigenvalue weighted by Crippen LogP contribution is -2.43. The van der Waals surface area contributed by atoms with E-state index in [2.05, 4.69) is 9.82 Å². The number of rotatable bonds is 2. The minimum absolute atomic E-state index is 0.164. The van der Waals surface area contributed by atoms with Crippen LogP contribution in [-0.2, 0) is 10.0 Å². The Hall–Kier alpha value is -1.60. The van der Waals surface area contributed by atoms with E-state index in [1.54, 1.807) is 18.2 Å². The standard InChI is InChI=1S/C11H16N4O2S/c12-13-11(15-8-4-5-9-15)14-18(16,17)10-6-2-1-3-7-10/h1-3,6-7H,4-5,8-9,12H2,(H,13,14). The van der Waals surface area contributed by atoms with Gasteiger partial charge in [0.05, 0.1) is 4.90 Å². The van der Waals surface area contributed by atoms with E-state index in [4.69, 9.17) is 5.84 Å². The van der Waals surface area contributed by atoms with Crippen LogP contribution in [0.25, 0.3) is 0 Å². The second-order valence-corrected chi connectivity index (χ2v) is 5.65. The van der Waals surface area contributed by atoms with E-state index in [1.807, 2.05) is 4.90 Å². The summed E-state index contributed by atoms with van der Waals surface area (Å²) in [5, 5.41) is 0. The number of hydrogen-bond acceptors (Lipinski definition) is 3. The van der Waals surface area contributed by atoms with E-state index in [0.717, 1.165) is 25.9 Å². The topological polar surface area (TPSA) is 87.8 Å². The fourth-order valence-electron chi connectivity index (χ4n) is 1.86. The highest BCUT2D eigenvalue weighted by atomic mass is 32.2. The minimum Gasteiger partial charge on any atom is -0.341 e. The Morgan fingerprint density at radius 1 is 1.22 bits per heavy atom. The quantitative estimate of drug-likeness (QED) is 0.348. The highest BCUT2D eigenvalue weighted by molar-refractivity contribution is 7.90. The minimum atomic E-state index is -3.71. The van der Waals surface area contributed by atoms with E-state index in [-0.39, 0.29) is 10.9 Å². The molecule has 0 unspecified atom stereocenters. The molecule has 0 bridgehead atoms. The maximum atomic E-state index is 12.0. The number of nitrogens with two attached hydrogens (primary N) is 1. The zero-order valence-corrected chi connectivity index (χ0v) is 10.7. The Morgan fingerprint density at radius 2 is 1.83 bits per heavy atom. The van der Waals surface area contributed by atoms with Crippen molar-refractivity contribution in [2.75, 3.05) is 13.1 Å². The molecule has 2 rings (SSSR count). The largest absolute Gasteiger partial charge is 0.341 e. The third kappa shape index (κ3) is 2.80. The number of nitrogens with one attached hydrogen (secondary N) is 1. The number of nitrogens with zero attached hydrogens (tertiary/aromatic N) is 2. The van der Waals surface area contributed by atoms with Gasteiger partial charge in [0.1, 0.15) is 0 Å². The van der Waals surface area contributed by atoms with Crippen molar-refractivity contribution in [3.8, 4) is 0 Å². The fraction of sp³-hybridized carbons (Fsp3) is 0.364. The van der Waals surface area contributed by atoms with E-state index >= 15 is 0 Å². The third-order valence-electron chi connectivity index (χ3n) is 2.78. The summed E-state index contributed by atoms with van der Waals surface area (Å²) in [6, 6.07) is 8.10. The molecule has 0 atom stereocenters. The Bertz CT molecular complexity index is 521. The highest BCUT2D eigenvalue weighted by Gasteiger charge is 2.20. The van der Waals surface area contributed by atoms with Gasteiger partial charge in [-0.1, -0.05) is 18.2 Å². The smallest absolute Gasteiger partial charge is 0.285 e. The first kappa shape index (κ1) is 12.8. The normalized spacial score (nSPS) is 16.9. The molecule has 98 valence electrons. The first-order valence-electron chi connectivity index (χ1n) is 5.75. The molecule has 0 saturated carbocycles. The number of guanidine groups is 1. The molecule has 18 heavy (non-hydrogen) atoms. The van der Waals surface area contributed by atoms with Crippen LogP contribution in [0.1, 0.15) is 12.8 Å². The molecule has 1 aromatic carbocycles. The molecule has 0 aliphatic carbocycles. The average molecular weight is 268 g/mol. The Kier molecular flexibility index (Phi) is 3.83. The van der Waals surface area contributed by atoms with Gasteiger partial charge in [0.2, 0.25) is 5.96 Å². The molecule has 1 fully saturated rings. The maximum absolute atomic E-state index is 12.0. The molecule has 1 aliphatic heterocycles. The van der Waals surface area contributed by atoms with Crippen molar-refractivity contribution in [3.05, 3.63) is 30.3 Å². The van der Waals surface area contributed by atoms with Crippen LogP contribution in [-0.4, -0.2) is 32.4 Å². The van der Waals surface area contributed by atoms with Crippen molar-refractivity contribution in [3.63, 3.8) is 0 Å². The monoisotopic (exact) mass is 268 g/mol. The summed E-state index contributed by atoms with van der Waals surface area (Å²) in [4.78, 5) is 2.00. The molecule has 1 saturated heterocycles. The molecule has 7 heteroatoms. The molecule has 0 spiro atoms. The lowest BCUT2D eigenvalue weighted by molar-refractivity contribution is 0.497. The van der Waals surface area contributed by atoms with Crippen molar-refractivity contribution in [2.24, 2.45) is 10.2 Å². The van der Waals surface area contributed by atoms with Crippen LogP contribution >= 0.6 is 0 Å². The van der Waals surface area contributed by atoms with Crippen LogP contribution in [0.15, 0.2) is 39.6 Å². The second-order valence-electron chi connectivity index (χ2n) is 4.04. The maximum Gasteiger partial charge on any atom is 0.285 e. The van der Waals surface area contributed by atoms with Crippen molar-refractivity contribution in [1.29, 1.82) is 0 Å². The first-order chi connectivity index (χ1) is 8.63. The average Bonchev–Trinajstić information content (AvgIpc) is 2.91. The summed E-state index contributed by atoms with van der Waals surface area (Å²) in [5.41, 5.74) is 2.37. The zero-order valence-electron chi connectivity index (χ0n) is 9.91. The summed E-state index contributed by atoms with van der Waals surface area (Å²) in [6.07, 6.45) is 2.04. The molecule has 6 nitrogen and oxygen atoms in total. The Labute approximate surface area is 107 Å². The van der Waals surface area contributed by atoms with Gasteiger partial charge >= 0.3 is 0 Å². The van der Waals surface area contributed by atoms with Crippen molar-refractivity contribution in [1.82, 2.24) is 10.3 Å². The van der Waals surface area contributed by atoms with Crippen LogP contribution < -0.4 is 11.3 Å². The van der Waals surface area contributed by atoms with Crippen LogP contribution in [0.4, 0.5) is 0 Å². The molecular formula is C11H16N4O2S. The van der Waals surface area contributed by atoms with Crippen molar-refractivity contribution < 1.29 is 8.42 Å². The summed E-state index contributed by atoms with van der Waals surface area (Å²) >= 11 is 0. The number of sulfonamides is 1. The second kappa shape index (κ2) is 5.36. The van der Waals surface area contributed by atoms with E-state index in [0.29, 0.717) is 0 Å². The molecule has 1 aliphatic rings. The van der Waals surface area contributed by atoms with Crippen molar-refractivity contribution in [2.45, 2.75) is 17.7 Å². The summed E-state index contributed by atoms with van der Waals surface area (Å²) in [7, 11) is -3.71. The summed E-state index contributed by atoms with van der Waals surface area (Å²) in [6.45, 7) is 1.54. The van der Waals surface area contributed by atoms with Gasteiger partial charge in [0, 0.05) is 13.1 Å². The van der Waals surface area contributed by atoms with Gasteiger partial charge in [-0.25, -0.2) is 5.84 Å². The van der Waals surface area contributed by atoms with Gasteiger partial charge in [-0.3, -0.25) is 5.43 Å². The van der Waals surface area contributed by atoms with Crippen LogP contribution in [0.3, 0.4) is 0 Å². The molecule has 0 radical (unpaired) electrons. The summed E-state index contributed by atoms with van der Waals surface area (Å²) in [5.74, 6) is 5.56.